The van der Waals surface area contributed by atoms with E-state index in [9.17, 15) is 9.59 Å². The minimum atomic E-state index is -0.230. The second-order valence-corrected chi connectivity index (χ2v) is 4.38. The predicted molar refractivity (Wildman–Crippen MR) is 59.1 cm³/mol. The summed E-state index contributed by atoms with van der Waals surface area (Å²) in [6, 6.07) is 0. The van der Waals surface area contributed by atoms with E-state index in [0.29, 0.717) is 26.2 Å². The molecular weight excluding hydrogens is 224 g/mol. The van der Waals surface area contributed by atoms with Gasteiger partial charge in [-0.05, 0) is 6.42 Å². The molecule has 0 spiro atoms. The largest absolute Gasteiger partial charge is 0.353 e. The third kappa shape index (κ3) is 3.17. The molecule has 0 N–H and O–H groups in total. The summed E-state index contributed by atoms with van der Waals surface area (Å²) in [4.78, 5) is 26.2. The van der Waals surface area contributed by atoms with Crippen LogP contribution >= 0.6 is 0 Å². The van der Waals surface area contributed by atoms with E-state index in [1.165, 1.54) is 4.90 Å². The molecule has 2 saturated heterocycles. The van der Waals surface area contributed by atoms with E-state index in [4.69, 9.17) is 9.47 Å². The fraction of sp³-hybridized carbons (Fsp3) is 0.818. The molecule has 0 unspecified atom stereocenters. The Kier molecular flexibility index (Phi) is 3.96. The van der Waals surface area contributed by atoms with Crippen LogP contribution in [0.3, 0.4) is 0 Å². The Balaban J connectivity index is 1.78. The first-order chi connectivity index (χ1) is 8.16. The lowest BCUT2D eigenvalue weighted by Crippen LogP contribution is -2.52. The van der Waals surface area contributed by atoms with Crippen LogP contribution in [0.25, 0.3) is 0 Å². The molecule has 2 rings (SSSR count). The van der Waals surface area contributed by atoms with Crippen LogP contribution in [-0.4, -0.2) is 67.8 Å². The SMILES string of the molecule is CN1CC(=O)N(CCC2OCCCO2)CC1=O. The van der Waals surface area contributed by atoms with E-state index >= 15 is 0 Å². The molecule has 6 nitrogen and oxygen atoms in total. The number of ether oxygens (including phenoxy) is 2. The Morgan fingerprint density at radius 2 is 1.88 bits per heavy atom. The maximum atomic E-state index is 11.7. The smallest absolute Gasteiger partial charge is 0.242 e. The van der Waals surface area contributed by atoms with Gasteiger partial charge in [-0.1, -0.05) is 0 Å². The highest BCUT2D eigenvalue weighted by atomic mass is 16.7. The number of hydrogen-bond acceptors (Lipinski definition) is 4. The summed E-state index contributed by atoms with van der Waals surface area (Å²) < 4.78 is 10.8. The normalized spacial score (nSPS) is 23.4. The van der Waals surface area contributed by atoms with E-state index in [0.717, 1.165) is 6.42 Å². The van der Waals surface area contributed by atoms with E-state index in [1.54, 1.807) is 11.9 Å². The Morgan fingerprint density at radius 3 is 2.59 bits per heavy atom. The highest BCUT2D eigenvalue weighted by Gasteiger charge is 2.28. The molecule has 17 heavy (non-hydrogen) atoms. The number of amides is 2. The molecule has 2 fully saturated rings. The molecule has 0 aromatic rings. The lowest BCUT2D eigenvalue weighted by molar-refractivity contribution is -0.184. The standard InChI is InChI=1S/C11H18N2O4/c1-12-7-10(15)13(8-9(12)14)4-3-11-16-5-2-6-17-11/h11H,2-8H2,1H3. The molecule has 96 valence electrons. The van der Waals surface area contributed by atoms with Gasteiger partial charge in [-0.15, -0.1) is 0 Å². The van der Waals surface area contributed by atoms with Crippen molar-refractivity contribution in [2.75, 3.05) is 39.9 Å². The number of rotatable bonds is 3. The van der Waals surface area contributed by atoms with Crippen molar-refractivity contribution in [1.29, 1.82) is 0 Å². The number of hydrogen-bond donors (Lipinski definition) is 0. The van der Waals surface area contributed by atoms with Crippen molar-refractivity contribution in [2.24, 2.45) is 0 Å². The molecule has 2 amide bonds. The van der Waals surface area contributed by atoms with Gasteiger partial charge in [0, 0.05) is 20.0 Å². The Morgan fingerprint density at radius 1 is 1.18 bits per heavy atom. The number of nitrogens with zero attached hydrogens (tertiary/aromatic N) is 2. The van der Waals surface area contributed by atoms with E-state index in [1.807, 2.05) is 0 Å². The molecule has 2 aliphatic heterocycles. The third-order valence-corrected chi connectivity index (χ3v) is 3.01. The second kappa shape index (κ2) is 5.46. The maximum Gasteiger partial charge on any atom is 0.242 e. The van der Waals surface area contributed by atoms with E-state index < -0.39 is 0 Å². The number of likely N-dealkylation sites (N-methyl/N-ethyl adjacent to an activating group) is 1. The summed E-state index contributed by atoms with van der Waals surface area (Å²) in [6.45, 7) is 2.27. The summed E-state index contributed by atoms with van der Waals surface area (Å²) in [7, 11) is 1.64. The van der Waals surface area contributed by atoms with Crippen molar-refractivity contribution in [2.45, 2.75) is 19.1 Å². The molecule has 2 aliphatic rings. The molecule has 0 aromatic heterocycles. The van der Waals surface area contributed by atoms with Gasteiger partial charge in [-0.25, -0.2) is 0 Å². The zero-order chi connectivity index (χ0) is 12.3. The number of carbonyl (C=O) groups excluding carboxylic acids is 2. The summed E-state index contributed by atoms with van der Waals surface area (Å²) >= 11 is 0. The maximum absolute atomic E-state index is 11.7. The molecular formula is C11H18N2O4. The van der Waals surface area contributed by atoms with Crippen molar-refractivity contribution in [3.05, 3.63) is 0 Å². The van der Waals surface area contributed by atoms with Crippen molar-refractivity contribution in [1.82, 2.24) is 9.80 Å². The number of piperazine rings is 1. The first-order valence-electron chi connectivity index (χ1n) is 5.92. The summed E-state index contributed by atoms with van der Waals surface area (Å²) in [6.07, 6.45) is 1.32. The minimum Gasteiger partial charge on any atom is -0.353 e. The van der Waals surface area contributed by atoms with E-state index in [2.05, 4.69) is 0 Å². The fourth-order valence-electron chi connectivity index (χ4n) is 1.93. The zero-order valence-corrected chi connectivity index (χ0v) is 10.1. The molecule has 2 heterocycles. The van der Waals surface area contributed by atoms with Crippen LogP contribution in [0.15, 0.2) is 0 Å². The van der Waals surface area contributed by atoms with Crippen LogP contribution in [-0.2, 0) is 19.1 Å². The minimum absolute atomic E-state index is 0.0112. The molecule has 6 heteroatoms. The quantitative estimate of drug-likeness (QED) is 0.665. The monoisotopic (exact) mass is 242 g/mol. The van der Waals surface area contributed by atoms with Crippen molar-refractivity contribution < 1.29 is 19.1 Å². The Bertz CT molecular complexity index is 302. The molecule has 0 aliphatic carbocycles. The van der Waals surface area contributed by atoms with Gasteiger partial charge in [-0.3, -0.25) is 9.59 Å². The van der Waals surface area contributed by atoms with Gasteiger partial charge in [-0.2, -0.15) is 0 Å². The van der Waals surface area contributed by atoms with Crippen LogP contribution in [0.2, 0.25) is 0 Å². The van der Waals surface area contributed by atoms with Crippen molar-refractivity contribution in [3.8, 4) is 0 Å². The average Bonchev–Trinajstić information content (AvgIpc) is 2.33. The molecule has 0 aromatic carbocycles. The van der Waals surface area contributed by atoms with Crippen LogP contribution in [0.1, 0.15) is 12.8 Å². The Hall–Kier alpha value is -1.14. The van der Waals surface area contributed by atoms with Crippen LogP contribution in [0, 0.1) is 0 Å². The van der Waals surface area contributed by atoms with Crippen LogP contribution < -0.4 is 0 Å². The fourth-order valence-corrected chi connectivity index (χ4v) is 1.93. The highest BCUT2D eigenvalue weighted by molar-refractivity contribution is 5.92. The van der Waals surface area contributed by atoms with Gasteiger partial charge in [0.15, 0.2) is 6.29 Å². The van der Waals surface area contributed by atoms with E-state index in [-0.39, 0.29) is 31.2 Å². The van der Waals surface area contributed by atoms with Gasteiger partial charge in [0.1, 0.15) is 0 Å². The summed E-state index contributed by atoms with van der Waals surface area (Å²) in [5.41, 5.74) is 0. The molecule has 0 atom stereocenters. The van der Waals surface area contributed by atoms with Crippen molar-refractivity contribution in [3.63, 3.8) is 0 Å². The summed E-state index contributed by atoms with van der Waals surface area (Å²) in [5.74, 6) is -0.0296. The summed E-state index contributed by atoms with van der Waals surface area (Å²) in [5, 5.41) is 0. The predicted octanol–water partition coefficient (Wildman–Crippen LogP) is -0.560. The lowest BCUT2D eigenvalue weighted by Gasteiger charge is -2.33. The number of carbonyl (C=O) groups is 2. The van der Waals surface area contributed by atoms with Crippen LogP contribution in [0.5, 0.6) is 0 Å². The van der Waals surface area contributed by atoms with Gasteiger partial charge in [0.2, 0.25) is 11.8 Å². The first kappa shape index (κ1) is 12.3. The van der Waals surface area contributed by atoms with Gasteiger partial charge in [0.25, 0.3) is 0 Å². The van der Waals surface area contributed by atoms with Gasteiger partial charge >= 0.3 is 0 Å². The molecule has 0 radical (unpaired) electrons. The lowest BCUT2D eigenvalue weighted by atomic mass is 10.2. The second-order valence-electron chi connectivity index (χ2n) is 4.38. The third-order valence-electron chi connectivity index (χ3n) is 3.01. The average molecular weight is 242 g/mol. The zero-order valence-electron chi connectivity index (χ0n) is 10.1. The van der Waals surface area contributed by atoms with Gasteiger partial charge < -0.3 is 19.3 Å². The first-order valence-corrected chi connectivity index (χ1v) is 5.92. The molecule has 0 bridgehead atoms. The van der Waals surface area contributed by atoms with Crippen molar-refractivity contribution >= 4 is 11.8 Å². The van der Waals surface area contributed by atoms with Gasteiger partial charge in [0.05, 0.1) is 26.3 Å². The highest BCUT2D eigenvalue weighted by Crippen LogP contribution is 2.11. The topological polar surface area (TPSA) is 59.1 Å². The van der Waals surface area contributed by atoms with Crippen LogP contribution in [0.4, 0.5) is 0 Å². The molecule has 0 saturated carbocycles. The Labute approximate surface area is 100 Å².